The lowest BCUT2D eigenvalue weighted by Gasteiger charge is -2.35. The molecular formula is C20H26OSi. The molecule has 1 atom stereocenters. The molecule has 0 aliphatic heterocycles. The Morgan fingerprint density at radius 3 is 1.91 bits per heavy atom. The zero-order valence-electron chi connectivity index (χ0n) is 14.0. The maximum atomic E-state index is 12.7. The summed E-state index contributed by atoms with van der Waals surface area (Å²) in [5.41, 5.74) is 1.29. The minimum absolute atomic E-state index is 0.274. The number of Topliss-reactive ketones (excluding diaryl/α,β-unsaturated/α-hetero) is 1. The number of hydrogen-bond donors (Lipinski definition) is 0. The molecule has 0 fully saturated rings. The van der Waals surface area contributed by atoms with Crippen LogP contribution in [0.2, 0.25) is 18.6 Å². The molecule has 0 aromatic heterocycles. The minimum atomic E-state index is -1.69. The molecule has 0 aliphatic carbocycles. The van der Waals surface area contributed by atoms with Gasteiger partial charge in [-0.05, 0) is 11.5 Å². The molecule has 0 aliphatic rings. The molecule has 116 valence electrons. The van der Waals surface area contributed by atoms with E-state index < -0.39 is 8.07 Å². The van der Waals surface area contributed by atoms with E-state index >= 15 is 0 Å². The quantitative estimate of drug-likeness (QED) is 0.548. The van der Waals surface area contributed by atoms with Crippen molar-refractivity contribution >= 4 is 19.0 Å². The topological polar surface area (TPSA) is 17.1 Å². The highest BCUT2D eigenvalue weighted by atomic mass is 28.3. The van der Waals surface area contributed by atoms with Gasteiger partial charge in [0.1, 0.15) is 0 Å². The van der Waals surface area contributed by atoms with E-state index in [1.165, 1.54) is 5.19 Å². The van der Waals surface area contributed by atoms with Crippen molar-refractivity contribution in [3.05, 3.63) is 66.2 Å². The van der Waals surface area contributed by atoms with Gasteiger partial charge in [0.25, 0.3) is 0 Å². The highest BCUT2D eigenvalue weighted by molar-refractivity contribution is 6.91. The summed E-state index contributed by atoms with van der Waals surface area (Å²) in [5, 5.41) is 1.44. The highest BCUT2D eigenvalue weighted by Gasteiger charge is 2.36. The predicted molar refractivity (Wildman–Crippen MR) is 97.5 cm³/mol. The molecule has 0 amide bonds. The SMILES string of the molecule is CC(C)C(CC(=O)c1ccccc1)[Si](C)(C)c1ccccc1. The van der Waals surface area contributed by atoms with Crippen LogP contribution in [0.3, 0.4) is 0 Å². The lowest BCUT2D eigenvalue weighted by atomic mass is 10.0. The molecule has 2 aromatic carbocycles. The van der Waals surface area contributed by atoms with E-state index in [1.54, 1.807) is 0 Å². The summed E-state index contributed by atoms with van der Waals surface area (Å²) in [6.45, 7) is 9.29. The Morgan fingerprint density at radius 2 is 1.41 bits per heavy atom. The molecule has 2 aromatic rings. The van der Waals surface area contributed by atoms with Gasteiger partial charge < -0.3 is 0 Å². The van der Waals surface area contributed by atoms with Gasteiger partial charge in [0.2, 0.25) is 0 Å². The lowest BCUT2D eigenvalue weighted by molar-refractivity contribution is 0.0974. The smallest absolute Gasteiger partial charge is 0.162 e. The third-order valence-electron chi connectivity index (χ3n) is 4.75. The molecule has 0 bridgehead atoms. The van der Waals surface area contributed by atoms with Crippen molar-refractivity contribution in [1.82, 2.24) is 0 Å². The van der Waals surface area contributed by atoms with Gasteiger partial charge in [-0.1, -0.05) is 92.8 Å². The van der Waals surface area contributed by atoms with Gasteiger partial charge in [0.05, 0.1) is 8.07 Å². The maximum absolute atomic E-state index is 12.7. The van der Waals surface area contributed by atoms with E-state index in [0.717, 1.165) is 5.56 Å². The van der Waals surface area contributed by atoms with Crippen LogP contribution in [0.25, 0.3) is 0 Å². The first-order valence-electron chi connectivity index (χ1n) is 8.06. The van der Waals surface area contributed by atoms with E-state index in [1.807, 2.05) is 30.3 Å². The summed E-state index contributed by atoms with van der Waals surface area (Å²) >= 11 is 0. The standard InChI is InChI=1S/C20H26OSi/c1-16(2)20(15-19(21)17-11-7-5-8-12-17)22(3,4)18-13-9-6-10-14-18/h5-14,16,20H,15H2,1-4H3. The van der Waals surface area contributed by atoms with Crippen LogP contribution in [0.4, 0.5) is 0 Å². The van der Waals surface area contributed by atoms with Crippen molar-refractivity contribution in [3.8, 4) is 0 Å². The molecule has 22 heavy (non-hydrogen) atoms. The van der Waals surface area contributed by atoms with Crippen LogP contribution in [0.1, 0.15) is 30.6 Å². The van der Waals surface area contributed by atoms with Crippen molar-refractivity contribution in [3.63, 3.8) is 0 Å². The van der Waals surface area contributed by atoms with Crippen molar-refractivity contribution in [2.75, 3.05) is 0 Å². The Morgan fingerprint density at radius 1 is 0.909 bits per heavy atom. The predicted octanol–water partition coefficient (Wildman–Crippen LogP) is 4.90. The molecule has 0 saturated heterocycles. The summed E-state index contributed by atoms with van der Waals surface area (Å²) in [6, 6.07) is 20.4. The van der Waals surface area contributed by atoms with E-state index in [9.17, 15) is 4.79 Å². The number of ketones is 1. The fourth-order valence-electron chi connectivity index (χ4n) is 3.35. The first kappa shape index (κ1) is 16.7. The third-order valence-corrected chi connectivity index (χ3v) is 9.30. The summed E-state index contributed by atoms with van der Waals surface area (Å²) in [5.74, 6) is 0.783. The van der Waals surface area contributed by atoms with Crippen LogP contribution in [0, 0.1) is 5.92 Å². The van der Waals surface area contributed by atoms with Crippen LogP contribution >= 0.6 is 0 Å². The molecule has 0 spiro atoms. The normalized spacial score (nSPS) is 13.1. The van der Waals surface area contributed by atoms with E-state index in [4.69, 9.17) is 0 Å². The molecule has 1 unspecified atom stereocenters. The monoisotopic (exact) mass is 310 g/mol. The number of hydrogen-bond acceptors (Lipinski definition) is 1. The van der Waals surface area contributed by atoms with Crippen LogP contribution in [-0.2, 0) is 0 Å². The third kappa shape index (κ3) is 3.75. The zero-order valence-corrected chi connectivity index (χ0v) is 15.0. The fraction of sp³-hybridized carbons (Fsp3) is 0.350. The van der Waals surface area contributed by atoms with Gasteiger partial charge in [-0.15, -0.1) is 0 Å². The molecule has 2 heteroatoms. The summed E-state index contributed by atoms with van der Waals surface area (Å²) in [6.07, 6.45) is 0.649. The minimum Gasteiger partial charge on any atom is -0.294 e. The second-order valence-electron chi connectivity index (χ2n) is 6.93. The second kappa shape index (κ2) is 7.06. The summed E-state index contributed by atoms with van der Waals surface area (Å²) in [7, 11) is -1.69. The van der Waals surface area contributed by atoms with Crippen molar-refractivity contribution in [1.29, 1.82) is 0 Å². The highest BCUT2D eigenvalue weighted by Crippen LogP contribution is 2.34. The molecule has 2 rings (SSSR count). The Bertz CT molecular complexity index is 602. The van der Waals surface area contributed by atoms with Crippen molar-refractivity contribution in [2.45, 2.75) is 38.9 Å². The van der Waals surface area contributed by atoms with Gasteiger partial charge in [0.15, 0.2) is 5.78 Å². The van der Waals surface area contributed by atoms with Crippen LogP contribution in [-0.4, -0.2) is 13.9 Å². The lowest BCUT2D eigenvalue weighted by Crippen LogP contribution is -2.48. The van der Waals surface area contributed by atoms with Crippen LogP contribution in [0.15, 0.2) is 60.7 Å². The van der Waals surface area contributed by atoms with Gasteiger partial charge >= 0.3 is 0 Å². The Balaban J connectivity index is 2.25. The van der Waals surface area contributed by atoms with E-state index in [2.05, 4.69) is 57.3 Å². The van der Waals surface area contributed by atoms with Gasteiger partial charge in [-0.2, -0.15) is 0 Å². The van der Waals surface area contributed by atoms with E-state index in [-0.39, 0.29) is 5.78 Å². The molecular weight excluding hydrogens is 284 g/mol. The number of carbonyl (C=O) groups excluding carboxylic acids is 1. The largest absolute Gasteiger partial charge is 0.294 e. The molecule has 0 N–H and O–H groups in total. The molecule has 0 radical (unpaired) electrons. The Labute approximate surface area is 135 Å². The van der Waals surface area contributed by atoms with Crippen LogP contribution < -0.4 is 5.19 Å². The average Bonchev–Trinajstić information content (AvgIpc) is 2.53. The van der Waals surface area contributed by atoms with Crippen molar-refractivity contribution in [2.24, 2.45) is 5.92 Å². The summed E-state index contributed by atoms with van der Waals surface area (Å²) in [4.78, 5) is 12.7. The maximum Gasteiger partial charge on any atom is 0.162 e. The number of carbonyl (C=O) groups is 1. The molecule has 0 saturated carbocycles. The van der Waals surface area contributed by atoms with Crippen LogP contribution in [0.5, 0.6) is 0 Å². The van der Waals surface area contributed by atoms with Gasteiger partial charge in [-0.25, -0.2) is 0 Å². The Kier molecular flexibility index (Phi) is 5.36. The Hall–Kier alpha value is -1.67. The molecule has 1 nitrogen and oxygen atoms in total. The first-order chi connectivity index (χ1) is 10.4. The summed E-state index contributed by atoms with van der Waals surface area (Å²) < 4.78 is 0. The first-order valence-corrected chi connectivity index (χ1v) is 11.1. The van der Waals surface area contributed by atoms with Gasteiger partial charge in [-0.3, -0.25) is 4.79 Å². The van der Waals surface area contributed by atoms with E-state index in [0.29, 0.717) is 17.9 Å². The van der Waals surface area contributed by atoms with Crippen molar-refractivity contribution < 1.29 is 4.79 Å². The zero-order chi connectivity index (χ0) is 16.2. The second-order valence-corrected chi connectivity index (χ2v) is 11.7. The number of benzene rings is 2. The fourth-order valence-corrected chi connectivity index (χ4v) is 7.19. The van der Waals surface area contributed by atoms with Gasteiger partial charge in [0, 0.05) is 12.0 Å². The molecule has 0 heterocycles. The number of rotatable bonds is 6. The average molecular weight is 311 g/mol.